The Kier molecular flexibility index (Phi) is 5.01. The molecule has 3 heterocycles. The lowest BCUT2D eigenvalue weighted by Crippen LogP contribution is -2.25. The number of rotatable bonds is 6. The second-order valence-electron chi connectivity index (χ2n) is 6.83. The number of nitrogen functional groups attached to an aromatic ring is 1. The van der Waals surface area contributed by atoms with Crippen molar-refractivity contribution in [2.75, 3.05) is 28.6 Å². The highest BCUT2D eigenvalue weighted by molar-refractivity contribution is 5.55. The third-order valence-corrected chi connectivity index (χ3v) is 4.42. The number of hydrogen-bond donors (Lipinski definition) is 1. The van der Waals surface area contributed by atoms with Gasteiger partial charge in [0.2, 0.25) is 5.95 Å². The van der Waals surface area contributed by atoms with E-state index in [-0.39, 0.29) is 0 Å². The van der Waals surface area contributed by atoms with E-state index in [0.29, 0.717) is 11.9 Å². The van der Waals surface area contributed by atoms with Crippen LogP contribution in [0.2, 0.25) is 0 Å². The van der Waals surface area contributed by atoms with Crippen LogP contribution in [0.5, 0.6) is 0 Å². The molecule has 2 aromatic rings. The van der Waals surface area contributed by atoms with Crippen LogP contribution < -0.4 is 15.5 Å². The Hall–Kier alpha value is -2.44. The molecule has 0 bridgehead atoms. The highest BCUT2D eigenvalue weighted by atomic mass is 15.3. The van der Waals surface area contributed by atoms with Crippen molar-refractivity contribution in [2.24, 2.45) is 5.92 Å². The van der Waals surface area contributed by atoms with E-state index >= 15 is 0 Å². The van der Waals surface area contributed by atoms with Crippen molar-refractivity contribution in [1.29, 1.82) is 0 Å². The largest absolute Gasteiger partial charge is 0.368 e. The van der Waals surface area contributed by atoms with E-state index in [9.17, 15) is 0 Å². The zero-order valence-corrected chi connectivity index (χ0v) is 15.5. The third kappa shape index (κ3) is 3.81. The Morgan fingerprint density at radius 2 is 1.92 bits per heavy atom. The number of aromatic nitrogens is 4. The Bertz CT molecular complexity index is 740. The van der Waals surface area contributed by atoms with Gasteiger partial charge in [-0.2, -0.15) is 9.97 Å². The molecule has 0 unspecified atom stereocenters. The summed E-state index contributed by atoms with van der Waals surface area (Å²) in [6.45, 7) is 11.8. The van der Waals surface area contributed by atoms with E-state index in [1.807, 2.05) is 12.3 Å². The topological polar surface area (TPSA) is 84.1 Å². The highest BCUT2D eigenvalue weighted by Gasteiger charge is 2.24. The lowest BCUT2D eigenvalue weighted by Gasteiger charge is -2.23. The molecule has 0 saturated carbocycles. The van der Waals surface area contributed by atoms with Crippen molar-refractivity contribution in [3.8, 4) is 0 Å². The predicted molar refractivity (Wildman–Crippen MR) is 100 cm³/mol. The molecule has 0 aliphatic carbocycles. The van der Waals surface area contributed by atoms with E-state index in [2.05, 4.69) is 52.4 Å². The van der Waals surface area contributed by atoms with E-state index in [1.165, 1.54) is 0 Å². The van der Waals surface area contributed by atoms with Crippen molar-refractivity contribution in [3.63, 3.8) is 0 Å². The number of fused-ring (bicyclic) bond motifs is 1. The van der Waals surface area contributed by atoms with Crippen LogP contribution >= 0.6 is 0 Å². The van der Waals surface area contributed by atoms with Gasteiger partial charge in [-0.3, -0.25) is 0 Å². The Labute approximate surface area is 149 Å². The van der Waals surface area contributed by atoms with Gasteiger partial charge < -0.3 is 15.5 Å². The van der Waals surface area contributed by atoms with E-state index < -0.39 is 0 Å². The summed E-state index contributed by atoms with van der Waals surface area (Å²) < 4.78 is 0. The van der Waals surface area contributed by atoms with E-state index in [0.717, 1.165) is 61.3 Å². The van der Waals surface area contributed by atoms with Gasteiger partial charge >= 0.3 is 0 Å². The summed E-state index contributed by atoms with van der Waals surface area (Å²) in [5, 5.41) is 0. The molecule has 0 fully saturated rings. The van der Waals surface area contributed by atoms with Crippen LogP contribution in [-0.2, 0) is 19.5 Å². The zero-order valence-electron chi connectivity index (χ0n) is 15.5. The summed E-state index contributed by atoms with van der Waals surface area (Å²) >= 11 is 0. The summed E-state index contributed by atoms with van der Waals surface area (Å²) in [6.07, 6.45) is 2.86. The first-order chi connectivity index (χ1) is 12.0. The molecule has 1 aliphatic rings. The van der Waals surface area contributed by atoms with Gasteiger partial charge in [-0.1, -0.05) is 13.8 Å². The number of hydrogen-bond acceptors (Lipinski definition) is 7. The molecule has 0 amide bonds. The average Bonchev–Trinajstić information content (AvgIpc) is 2.98. The monoisotopic (exact) mass is 341 g/mol. The first-order valence-corrected chi connectivity index (χ1v) is 8.98. The molecule has 7 nitrogen and oxygen atoms in total. The van der Waals surface area contributed by atoms with Gasteiger partial charge in [-0.25, -0.2) is 9.97 Å². The molecule has 0 spiro atoms. The van der Waals surface area contributed by atoms with Crippen LogP contribution in [0, 0.1) is 5.92 Å². The van der Waals surface area contributed by atoms with Crippen LogP contribution in [0.1, 0.15) is 44.8 Å². The molecule has 7 heteroatoms. The quantitative estimate of drug-likeness (QED) is 0.863. The molecule has 134 valence electrons. The van der Waals surface area contributed by atoms with Crippen LogP contribution in [0.15, 0.2) is 12.3 Å². The van der Waals surface area contributed by atoms with Crippen LogP contribution in [0.25, 0.3) is 0 Å². The molecule has 0 radical (unpaired) electrons. The van der Waals surface area contributed by atoms with Gasteiger partial charge in [0.25, 0.3) is 0 Å². The first-order valence-electron chi connectivity index (χ1n) is 8.98. The Balaban J connectivity index is 1.84. The normalized spacial score (nSPS) is 13.4. The fourth-order valence-corrected chi connectivity index (χ4v) is 3.13. The minimum atomic E-state index is 0.307. The minimum Gasteiger partial charge on any atom is -0.368 e. The minimum absolute atomic E-state index is 0.307. The molecule has 2 aromatic heterocycles. The molecular weight excluding hydrogens is 314 g/mol. The van der Waals surface area contributed by atoms with E-state index in [1.54, 1.807) is 0 Å². The SMILES string of the molecule is CCN(CC)c1cc(N2Cc3cnc(CC(C)C)nc3C2)nc(N)n1. The smallest absolute Gasteiger partial charge is 0.223 e. The highest BCUT2D eigenvalue weighted by Crippen LogP contribution is 2.28. The van der Waals surface area contributed by atoms with Crippen molar-refractivity contribution in [2.45, 2.75) is 47.2 Å². The first kappa shape index (κ1) is 17.4. The predicted octanol–water partition coefficient (Wildman–Crippen LogP) is 2.41. The molecule has 1 aliphatic heterocycles. The number of anilines is 3. The summed E-state index contributed by atoms with van der Waals surface area (Å²) in [4.78, 5) is 22.4. The number of nitrogens with two attached hydrogens (primary N) is 1. The Morgan fingerprint density at radius 3 is 2.60 bits per heavy atom. The van der Waals surface area contributed by atoms with Gasteiger partial charge in [-0.15, -0.1) is 0 Å². The maximum Gasteiger partial charge on any atom is 0.223 e. The molecule has 3 rings (SSSR count). The summed E-state index contributed by atoms with van der Waals surface area (Å²) in [7, 11) is 0. The van der Waals surface area contributed by atoms with Gasteiger partial charge in [0.05, 0.1) is 12.2 Å². The summed E-state index contributed by atoms with van der Waals surface area (Å²) in [5.74, 6) is 3.49. The third-order valence-electron chi connectivity index (χ3n) is 4.42. The lowest BCUT2D eigenvalue weighted by atomic mass is 10.1. The van der Waals surface area contributed by atoms with Gasteiger partial charge in [0, 0.05) is 43.9 Å². The van der Waals surface area contributed by atoms with Crippen molar-refractivity contribution < 1.29 is 0 Å². The molecule has 2 N–H and O–H groups in total. The summed E-state index contributed by atoms with van der Waals surface area (Å²) in [5.41, 5.74) is 8.21. The second kappa shape index (κ2) is 7.21. The van der Waals surface area contributed by atoms with Crippen LogP contribution in [0.4, 0.5) is 17.6 Å². The number of nitrogens with zero attached hydrogens (tertiary/aromatic N) is 6. The maximum absolute atomic E-state index is 5.95. The van der Waals surface area contributed by atoms with Gasteiger partial charge in [0.1, 0.15) is 17.5 Å². The second-order valence-corrected chi connectivity index (χ2v) is 6.83. The van der Waals surface area contributed by atoms with Crippen LogP contribution in [0.3, 0.4) is 0 Å². The van der Waals surface area contributed by atoms with Gasteiger partial charge in [-0.05, 0) is 19.8 Å². The van der Waals surface area contributed by atoms with Gasteiger partial charge in [0.15, 0.2) is 0 Å². The lowest BCUT2D eigenvalue weighted by molar-refractivity contribution is 0.617. The molecule has 25 heavy (non-hydrogen) atoms. The zero-order chi connectivity index (χ0) is 18.0. The molecule has 0 aromatic carbocycles. The van der Waals surface area contributed by atoms with Crippen LogP contribution in [-0.4, -0.2) is 33.0 Å². The average molecular weight is 341 g/mol. The van der Waals surface area contributed by atoms with Crippen molar-refractivity contribution >= 4 is 17.6 Å². The molecular formula is C18H27N7. The van der Waals surface area contributed by atoms with Crippen molar-refractivity contribution in [3.05, 3.63) is 29.3 Å². The Morgan fingerprint density at radius 1 is 1.16 bits per heavy atom. The fraction of sp³-hybridized carbons (Fsp3) is 0.556. The maximum atomic E-state index is 5.95. The fourth-order valence-electron chi connectivity index (χ4n) is 3.13. The summed E-state index contributed by atoms with van der Waals surface area (Å²) in [6, 6.07) is 2.01. The van der Waals surface area contributed by atoms with Crippen molar-refractivity contribution in [1.82, 2.24) is 19.9 Å². The van der Waals surface area contributed by atoms with E-state index in [4.69, 9.17) is 10.7 Å². The molecule has 0 atom stereocenters. The molecule has 0 saturated heterocycles. The standard InChI is InChI=1S/C18H27N7/c1-5-24(6-2)16-8-17(23-18(19)22-16)25-10-13-9-20-15(7-12(3)4)21-14(13)11-25/h8-9,12H,5-7,10-11H2,1-4H3,(H2,19,22,23).